The maximum Gasteiger partial charge on any atom is 0.111 e. The Balaban J connectivity index is 2.86. The van der Waals surface area contributed by atoms with Crippen molar-refractivity contribution in [1.82, 2.24) is 4.90 Å². The molecule has 1 fully saturated rings. The molecule has 0 amide bonds. The second-order valence-corrected chi connectivity index (χ2v) is 8.53. The van der Waals surface area contributed by atoms with Crippen molar-refractivity contribution in [2.45, 2.75) is 87.4 Å². The Morgan fingerprint density at radius 1 is 0.700 bits per heavy atom. The van der Waals surface area contributed by atoms with Crippen LogP contribution < -0.4 is 5.73 Å². The van der Waals surface area contributed by atoms with E-state index in [2.05, 4.69) is 0 Å². The Kier molecular flexibility index (Phi) is 12.1. The lowest BCUT2D eigenvalue weighted by Crippen LogP contribution is -2.54. The summed E-state index contributed by atoms with van der Waals surface area (Å²) < 4.78 is 0. The van der Waals surface area contributed by atoms with E-state index >= 15 is 0 Å². The number of hydrogen-bond donors (Lipinski definition) is 10. The first-order chi connectivity index (χ1) is 14.0. The standard InChI is InChI=1S/C19H40N2O9/c1-10(16(27)18(29)14(25)8-22)6-21(12-4-2-11(20)3-5-12)7-13(24)17(28)19(30)15(26)9-23/h10-19,22-30H,2-9,20H2,1H3/t10-,11?,12?,13-,14+,15+,16+,17+,18+,19+/m0/s1. The van der Waals surface area contributed by atoms with E-state index in [0.717, 1.165) is 25.7 Å². The summed E-state index contributed by atoms with van der Waals surface area (Å²) >= 11 is 0. The third kappa shape index (κ3) is 7.92. The van der Waals surface area contributed by atoms with Gasteiger partial charge in [-0.15, -0.1) is 0 Å². The molecule has 1 aliphatic carbocycles. The zero-order valence-electron chi connectivity index (χ0n) is 17.5. The molecule has 0 spiro atoms. The van der Waals surface area contributed by atoms with Crippen LogP contribution >= 0.6 is 0 Å². The van der Waals surface area contributed by atoms with E-state index in [4.69, 9.17) is 15.9 Å². The van der Waals surface area contributed by atoms with E-state index in [1.54, 1.807) is 6.92 Å². The lowest BCUT2D eigenvalue weighted by atomic mass is 9.88. The number of nitrogens with zero attached hydrogens (tertiary/aromatic N) is 1. The Morgan fingerprint density at radius 3 is 1.60 bits per heavy atom. The second-order valence-electron chi connectivity index (χ2n) is 8.53. The summed E-state index contributed by atoms with van der Waals surface area (Å²) in [5, 5.41) is 87.7. The van der Waals surface area contributed by atoms with Crippen molar-refractivity contribution >= 4 is 0 Å². The summed E-state index contributed by atoms with van der Waals surface area (Å²) in [5.41, 5.74) is 5.96. The normalized spacial score (nSPS) is 28.4. The van der Waals surface area contributed by atoms with Crippen LogP contribution in [-0.4, -0.2) is 132 Å². The molecule has 0 unspecified atom stereocenters. The summed E-state index contributed by atoms with van der Waals surface area (Å²) in [5.74, 6) is -0.561. The number of nitrogens with two attached hydrogens (primary N) is 1. The molecule has 0 aromatic carbocycles. The summed E-state index contributed by atoms with van der Waals surface area (Å²) in [6.07, 6.45) is -7.94. The predicted octanol–water partition coefficient (Wildman–Crippen LogP) is -4.29. The van der Waals surface area contributed by atoms with E-state index in [0.29, 0.717) is 0 Å². The van der Waals surface area contributed by atoms with Crippen molar-refractivity contribution in [3.05, 3.63) is 0 Å². The van der Waals surface area contributed by atoms with Crippen LogP contribution in [0.25, 0.3) is 0 Å². The van der Waals surface area contributed by atoms with Gasteiger partial charge in [-0.1, -0.05) is 6.92 Å². The predicted molar refractivity (Wildman–Crippen MR) is 107 cm³/mol. The van der Waals surface area contributed by atoms with E-state index in [1.807, 2.05) is 4.90 Å². The highest BCUT2D eigenvalue weighted by Gasteiger charge is 2.36. The van der Waals surface area contributed by atoms with Gasteiger partial charge in [0.1, 0.15) is 30.5 Å². The minimum Gasteiger partial charge on any atom is -0.394 e. The fourth-order valence-corrected chi connectivity index (χ4v) is 3.90. The van der Waals surface area contributed by atoms with Gasteiger partial charge in [-0.3, -0.25) is 4.90 Å². The van der Waals surface area contributed by atoms with Gasteiger partial charge in [-0.05, 0) is 31.6 Å². The van der Waals surface area contributed by atoms with Gasteiger partial charge < -0.3 is 51.7 Å². The van der Waals surface area contributed by atoms with Gasteiger partial charge in [0, 0.05) is 25.2 Å². The molecule has 0 aromatic rings. The molecule has 30 heavy (non-hydrogen) atoms. The highest BCUT2D eigenvalue weighted by molar-refractivity contribution is 4.89. The lowest BCUT2D eigenvalue weighted by molar-refractivity contribution is -0.125. The summed E-state index contributed by atoms with van der Waals surface area (Å²) in [4.78, 5) is 1.82. The second kappa shape index (κ2) is 13.2. The minimum atomic E-state index is -1.74. The van der Waals surface area contributed by atoms with Crippen molar-refractivity contribution in [2.75, 3.05) is 26.3 Å². The summed E-state index contributed by atoms with van der Waals surface area (Å²) in [7, 11) is 0. The average molecular weight is 441 g/mol. The number of rotatable bonds is 13. The van der Waals surface area contributed by atoms with Crippen molar-refractivity contribution in [1.29, 1.82) is 0 Å². The molecule has 0 aromatic heterocycles. The zero-order valence-corrected chi connectivity index (χ0v) is 17.5. The van der Waals surface area contributed by atoms with Crippen molar-refractivity contribution < 1.29 is 46.0 Å². The van der Waals surface area contributed by atoms with Gasteiger partial charge in [0.2, 0.25) is 0 Å². The summed E-state index contributed by atoms with van der Waals surface area (Å²) in [6.45, 7) is 0.270. The monoisotopic (exact) mass is 440 g/mol. The fourth-order valence-electron chi connectivity index (χ4n) is 3.90. The van der Waals surface area contributed by atoms with Gasteiger partial charge in [-0.2, -0.15) is 0 Å². The van der Waals surface area contributed by atoms with Gasteiger partial charge in [0.05, 0.1) is 25.4 Å². The fraction of sp³-hybridized carbons (Fsp3) is 1.00. The molecule has 0 radical (unpaired) electrons. The van der Waals surface area contributed by atoms with E-state index < -0.39 is 61.9 Å². The van der Waals surface area contributed by atoms with Gasteiger partial charge in [0.15, 0.2) is 0 Å². The van der Waals surface area contributed by atoms with Crippen molar-refractivity contribution in [3.8, 4) is 0 Å². The van der Waals surface area contributed by atoms with E-state index in [-0.39, 0.29) is 25.2 Å². The zero-order chi connectivity index (χ0) is 23.0. The average Bonchev–Trinajstić information content (AvgIpc) is 2.75. The molecular weight excluding hydrogens is 400 g/mol. The molecule has 1 saturated carbocycles. The van der Waals surface area contributed by atoms with Crippen LogP contribution in [0.2, 0.25) is 0 Å². The van der Waals surface area contributed by atoms with Crippen LogP contribution in [0.15, 0.2) is 0 Å². The van der Waals surface area contributed by atoms with E-state index in [1.165, 1.54) is 0 Å². The van der Waals surface area contributed by atoms with Crippen LogP contribution in [-0.2, 0) is 0 Å². The molecule has 0 bridgehead atoms. The molecule has 0 heterocycles. The highest BCUT2D eigenvalue weighted by atomic mass is 16.4. The van der Waals surface area contributed by atoms with Gasteiger partial charge in [0.25, 0.3) is 0 Å². The molecule has 8 atom stereocenters. The smallest absolute Gasteiger partial charge is 0.111 e. The third-order valence-corrected chi connectivity index (χ3v) is 6.04. The number of aliphatic hydroxyl groups excluding tert-OH is 9. The number of hydrogen-bond acceptors (Lipinski definition) is 11. The maximum absolute atomic E-state index is 10.4. The van der Waals surface area contributed by atoms with Crippen LogP contribution in [0, 0.1) is 5.92 Å². The van der Waals surface area contributed by atoms with Crippen LogP contribution in [0.3, 0.4) is 0 Å². The summed E-state index contributed by atoms with van der Waals surface area (Å²) in [6, 6.07) is 0.0470. The maximum atomic E-state index is 10.4. The Bertz CT molecular complexity index is 437. The SMILES string of the molecule is C[C@@H](CN(C[C@H](O)[C@@H](O)[C@H](O)[C@H](O)CO)C1CCC(N)CC1)[C@@H](O)[C@H](O)[C@H](O)CO. The van der Waals surface area contributed by atoms with Gasteiger partial charge in [-0.25, -0.2) is 0 Å². The first-order valence-electron chi connectivity index (χ1n) is 10.5. The van der Waals surface area contributed by atoms with Crippen molar-refractivity contribution in [3.63, 3.8) is 0 Å². The third-order valence-electron chi connectivity index (χ3n) is 6.04. The quantitative estimate of drug-likeness (QED) is 0.132. The topological polar surface area (TPSA) is 211 Å². The highest BCUT2D eigenvalue weighted by Crippen LogP contribution is 2.25. The molecule has 11 N–H and O–H groups in total. The van der Waals surface area contributed by atoms with Crippen LogP contribution in [0.1, 0.15) is 32.6 Å². The molecular formula is C19H40N2O9. The Morgan fingerprint density at radius 2 is 1.13 bits per heavy atom. The molecule has 11 nitrogen and oxygen atoms in total. The first kappa shape index (κ1) is 27.6. The molecule has 0 saturated heterocycles. The first-order valence-corrected chi connectivity index (χ1v) is 10.5. The molecule has 180 valence electrons. The van der Waals surface area contributed by atoms with E-state index in [9.17, 15) is 35.7 Å². The van der Waals surface area contributed by atoms with Crippen molar-refractivity contribution in [2.24, 2.45) is 11.7 Å². The minimum absolute atomic E-state index is 0.0267. The van der Waals surface area contributed by atoms with Gasteiger partial charge >= 0.3 is 0 Å². The molecule has 1 aliphatic rings. The lowest BCUT2D eigenvalue weighted by Gasteiger charge is -2.40. The van der Waals surface area contributed by atoms with Crippen LogP contribution in [0.5, 0.6) is 0 Å². The Labute approximate surface area is 177 Å². The molecule has 0 aliphatic heterocycles. The molecule has 1 rings (SSSR count). The Hall–Kier alpha value is -0.440. The molecule has 11 heteroatoms. The van der Waals surface area contributed by atoms with Crippen LogP contribution in [0.4, 0.5) is 0 Å². The largest absolute Gasteiger partial charge is 0.394 e. The number of aliphatic hydroxyl groups is 9.